The summed E-state index contributed by atoms with van der Waals surface area (Å²) in [5.41, 5.74) is 0. The summed E-state index contributed by atoms with van der Waals surface area (Å²) in [6.07, 6.45) is 19.5. The number of hydrogen-bond donors (Lipinski definition) is 0. The fourth-order valence-corrected chi connectivity index (χ4v) is 6.13. The van der Waals surface area contributed by atoms with Crippen LogP contribution in [0.15, 0.2) is 12.2 Å². The van der Waals surface area contributed by atoms with E-state index < -0.39 is 11.9 Å². The molecule has 0 amide bonds. The molecule has 0 aromatic rings. The quantitative estimate of drug-likeness (QED) is 0.160. The van der Waals surface area contributed by atoms with E-state index in [4.69, 9.17) is 14.2 Å². The molecule has 3 saturated heterocycles. The number of esters is 1. The van der Waals surface area contributed by atoms with Gasteiger partial charge in [-0.3, -0.25) is 14.4 Å². The maximum absolute atomic E-state index is 12.6. The van der Waals surface area contributed by atoms with Gasteiger partial charge in [-0.2, -0.15) is 0 Å². The Labute approximate surface area is 210 Å². The van der Waals surface area contributed by atoms with E-state index in [0.29, 0.717) is 12.8 Å². The van der Waals surface area contributed by atoms with E-state index in [1.165, 1.54) is 51.4 Å². The molecule has 1 spiro atoms. The Morgan fingerprint density at radius 2 is 1.69 bits per heavy atom. The molecule has 0 N–H and O–H groups in total. The van der Waals surface area contributed by atoms with Crippen molar-refractivity contribution in [3.05, 3.63) is 12.2 Å². The smallest absolute Gasteiger partial charge is 0.309 e. The van der Waals surface area contributed by atoms with E-state index in [1.54, 1.807) is 0 Å². The lowest BCUT2D eigenvalue weighted by atomic mass is 9.93. The average Bonchev–Trinajstić information content (AvgIpc) is 3.54. The predicted octanol–water partition coefficient (Wildman–Crippen LogP) is 6.00. The molecule has 0 aromatic heterocycles. The molecule has 0 bridgehead atoms. The van der Waals surface area contributed by atoms with Gasteiger partial charge in [-0.15, -0.1) is 0 Å². The number of ketones is 2. The van der Waals surface area contributed by atoms with E-state index in [2.05, 4.69) is 19.1 Å². The van der Waals surface area contributed by atoms with Crippen LogP contribution in [0, 0.1) is 11.8 Å². The van der Waals surface area contributed by atoms with Crippen molar-refractivity contribution in [2.24, 2.45) is 11.8 Å². The van der Waals surface area contributed by atoms with Crippen molar-refractivity contribution in [1.29, 1.82) is 0 Å². The van der Waals surface area contributed by atoms with Gasteiger partial charge in [0.15, 0.2) is 5.79 Å². The van der Waals surface area contributed by atoms with Crippen molar-refractivity contribution in [2.45, 2.75) is 140 Å². The number of rotatable bonds is 15. The molecule has 6 heteroatoms. The first-order valence-electron chi connectivity index (χ1n) is 14.2. The van der Waals surface area contributed by atoms with Crippen LogP contribution in [-0.2, 0) is 28.6 Å². The van der Waals surface area contributed by atoms with Gasteiger partial charge in [0.05, 0.1) is 18.4 Å². The van der Waals surface area contributed by atoms with Crippen LogP contribution < -0.4 is 0 Å². The van der Waals surface area contributed by atoms with Gasteiger partial charge in [0, 0.05) is 31.6 Å². The molecule has 4 rings (SSSR count). The first kappa shape index (κ1) is 26.5. The molecule has 6 nitrogen and oxygen atoms in total. The highest BCUT2D eigenvalue weighted by Crippen LogP contribution is 2.55. The molecule has 1 saturated carbocycles. The SMILES string of the molecule is CC/C=C/CCCCCCCCCCCC(=O)CC1CC(=O)CC2(CC3OC(=O)C4CC4C3O2)O1. The van der Waals surface area contributed by atoms with Crippen LogP contribution in [0.2, 0.25) is 0 Å². The number of unbranched alkanes of at least 4 members (excludes halogenated alkanes) is 9. The van der Waals surface area contributed by atoms with Gasteiger partial charge >= 0.3 is 5.97 Å². The number of hydrogen-bond acceptors (Lipinski definition) is 6. The molecule has 0 radical (unpaired) electrons. The maximum atomic E-state index is 12.6. The highest BCUT2D eigenvalue weighted by molar-refractivity contribution is 5.83. The van der Waals surface area contributed by atoms with E-state index in [0.717, 1.165) is 25.7 Å². The van der Waals surface area contributed by atoms with Gasteiger partial charge in [0.25, 0.3) is 0 Å². The number of ether oxygens (including phenoxy) is 3. The predicted molar refractivity (Wildman–Crippen MR) is 133 cm³/mol. The highest BCUT2D eigenvalue weighted by atomic mass is 16.7. The van der Waals surface area contributed by atoms with Gasteiger partial charge < -0.3 is 14.2 Å². The van der Waals surface area contributed by atoms with Crippen LogP contribution >= 0.6 is 0 Å². The summed E-state index contributed by atoms with van der Waals surface area (Å²) >= 11 is 0. The average molecular weight is 489 g/mol. The fraction of sp³-hybridized carbons (Fsp3) is 0.828. The van der Waals surface area contributed by atoms with E-state index in [9.17, 15) is 14.4 Å². The van der Waals surface area contributed by atoms with Gasteiger partial charge in [-0.25, -0.2) is 0 Å². The number of allylic oxidation sites excluding steroid dienone is 2. The third kappa shape index (κ3) is 7.48. The van der Waals surface area contributed by atoms with E-state index in [-0.39, 0.29) is 60.8 Å². The van der Waals surface area contributed by atoms with Crippen molar-refractivity contribution in [1.82, 2.24) is 0 Å². The Morgan fingerprint density at radius 1 is 0.971 bits per heavy atom. The van der Waals surface area contributed by atoms with Crippen LogP contribution in [0.4, 0.5) is 0 Å². The van der Waals surface area contributed by atoms with Crippen molar-refractivity contribution in [3.8, 4) is 0 Å². The van der Waals surface area contributed by atoms with Crippen molar-refractivity contribution in [2.75, 3.05) is 0 Å². The Hall–Kier alpha value is -1.53. The largest absolute Gasteiger partial charge is 0.459 e. The minimum atomic E-state index is -1.01. The molecule has 1 aliphatic carbocycles. The summed E-state index contributed by atoms with van der Waals surface area (Å²) < 4.78 is 18.0. The van der Waals surface area contributed by atoms with Crippen LogP contribution in [-0.4, -0.2) is 41.6 Å². The van der Waals surface area contributed by atoms with E-state index in [1.807, 2.05) is 0 Å². The van der Waals surface area contributed by atoms with E-state index >= 15 is 0 Å². The number of carbonyl (C=O) groups excluding carboxylic acids is 3. The van der Waals surface area contributed by atoms with Gasteiger partial charge in [0.2, 0.25) is 0 Å². The highest BCUT2D eigenvalue weighted by Gasteiger charge is 2.64. The van der Waals surface area contributed by atoms with Crippen LogP contribution in [0.5, 0.6) is 0 Å². The molecule has 4 aliphatic rings. The minimum Gasteiger partial charge on any atom is -0.459 e. The van der Waals surface area contributed by atoms with Gasteiger partial charge in [0.1, 0.15) is 23.8 Å². The van der Waals surface area contributed by atoms with Crippen molar-refractivity contribution < 1.29 is 28.6 Å². The molecular weight excluding hydrogens is 444 g/mol. The normalized spacial score (nSPS) is 33.7. The minimum absolute atomic E-state index is 0.0407. The first-order chi connectivity index (χ1) is 17.0. The lowest BCUT2D eigenvalue weighted by Gasteiger charge is -2.37. The standard InChI is InChI=1S/C29H44O6/c1-2-3-4-5-6-7-8-9-10-11-12-13-14-15-21(30)16-23-17-22(31)19-29(34-23)20-26-27(35-29)24-18-25(24)28(32)33-26/h3-4,23-27H,2,5-20H2,1H3/b4-3+. The maximum Gasteiger partial charge on any atom is 0.309 e. The van der Waals surface area contributed by atoms with Crippen LogP contribution in [0.3, 0.4) is 0 Å². The Kier molecular flexibility index (Phi) is 9.57. The lowest BCUT2D eigenvalue weighted by molar-refractivity contribution is -0.264. The molecule has 6 atom stereocenters. The molecule has 3 heterocycles. The molecule has 3 aliphatic heterocycles. The molecular formula is C29H44O6. The van der Waals surface area contributed by atoms with Gasteiger partial charge in [-0.05, 0) is 32.1 Å². The lowest BCUT2D eigenvalue weighted by Crippen LogP contribution is -2.45. The summed E-state index contributed by atoms with van der Waals surface area (Å²) in [7, 11) is 0. The zero-order valence-electron chi connectivity index (χ0n) is 21.5. The summed E-state index contributed by atoms with van der Waals surface area (Å²) in [5, 5.41) is 0. The van der Waals surface area contributed by atoms with Crippen LogP contribution in [0.1, 0.15) is 116 Å². The summed E-state index contributed by atoms with van der Waals surface area (Å²) in [4.78, 5) is 37.0. The molecule has 196 valence electrons. The monoisotopic (exact) mass is 488 g/mol. The second kappa shape index (κ2) is 12.6. The molecule has 35 heavy (non-hydrogen) atoms. The fourth-order valence-electron chi connectivity index (χ4n) is 6.13. The second-order valence-electron chi connectivity index (χ2n) is 11.2. The molecule has 6 unspecified atom stereocenters. The second-order valence-corrected chi connectivity index (χ2v) is 11.2. The summed E-state index contributed by atoms with van der Waals surface area (Å²) in [6, 6.07) is 0. The van der Waals surface area contributed by atoms with Crippen molar-refractivity contribution in [3.63, 3.8) is 0 Å². The topological polar surface area (TPSA) is 78.9 Å². The summed E-state index contributed by atoms with van der Waals surface area (Å²) in [6.45, 7) is 2.17. The third-order valence-electron chi connectivity index (χ3n) is 8.05. The van der Waals surface area contributed by atoms with Gasteiger partial charge in [-0.1, -0.05) is 64.0 Å². The molecule has 0 aromatic carbocycles. The Balaban J connectivity index is 1.06. The zero-order chi connectivity index (χ0) is 24.7. The Morgan fingerprint density at radius 3 is 2.43 bits per heavy atom. The Bertz CT molecular complexity index is 775. The third-order valence-corrected chi connectivity index (χ3v) is 8.05. The van der Waals surface area contributed by atoms with Crippen molar-refractivity contribution >= 4 is 17.5 Å². The number of Topliss-reactive ketones (excluding diaryl/α,β-unsaturated/α-hetero) is 2. The molecule has 4 fully saturated rings. The van der Waals surface area contributed by atoms with Crippen LogP contribution in [0.25, 0.3) is 0 Å². The first-order valence-corrected chi connectivity index (χ1v) is 14.2. The number of carbonyl (C=O) groups is 3. The summed E-state index contributed by atoms with van der Waals surface area (Å²) in [5.74, 6) is -0.749. The number of fused-ring (bicyclic) bond motifs is 3. The zero-order valence-corrected chi connectivity index (χ0v) is 21.5.